The van der Waals surface area contributed by atoms with Gasteiger partial charge in [-0.1, -0.05) is 29.8 Å². The molecular weight excluding hydrogens is 501 g/mol. The number of ether oxygens (including phenoxy) is 1. The number of hydrogen-bond donors (Lipinski definition) is 1. The number of benzene rings is 3. The maximum Gasteiger partial charge on any atom is 0.225 e. The quantitative estimate of drug-likeness (QED) is 0.375. The Bertz CT molecular complexity index is 1310. The van der Waals surface area contributed by atoms with E-state index in [0.29, 0.717) is 17.7 Å². The number of fused-ring (bicyclic) bond motifs is 1. The van der Waals surface area contributed by atoms with Gasteiger partial charge in [-0.05, 0) is 104 Å². The Morgan fingerprint density at radius 2 is 1.79 bits per heavy atom. The maximum absolute atomic E-state index is 13.6. The number of halogens is 2. The largest absolute Gasteiger partial charge is 0.489 e. The van der Waals surface area contributed by atoms with Gasteiger partial charge in [-0.2, -0.15) is 0 Å². The van der Waals surface area contributed by atoms with E-state index >= 15 is 0 Å². The second-order valence-electron chi connectivity index (χ2n) is 11.1. The van der Waals surface area contributed by atoms with Gasteiger partial charge in [0.05, 0.1) is 17.0 Å². The van der Waals surface area contributed by atoms with Crippen LogP contribution >= 0.6 is 11.6 Å². The van der Waals surface area contributed by atoms with E-state index in [-0.39, 0.29) is 23.7 Å². The third-order valence-corrected chi connectivity index (χ3v) is 8.33. The van der Waals surface area contributed by atoms with Gasteiger partial charge in [-0.15, -0.1) is 0 Å². The monoisotopic (exact) mass is 535 g/mol. The van der Waals surface area contributed by atoms with Crippen molar-refractivity contribution in [2.24, 2.45) is 5.92 Å². The maximum atomic E-state index is 13.6. The predicted molar refractivity (Wildman–Crippen MR) is 151 cm³/mol. The Morgan fingerprint density at radius 3 is 2.58 bits per heavy atom. The van der Waals surface area contributed by atoms with Gasteiger partial charge in [0, 0.05) is 31.4 Å². The van der Waals surface area contributed by atoms with E-state index < -0.39 is 0 Å². The molecule has 1 amide bonds. The standard InChI is InChI=1S/C31H35ClFN3O2/c32-29-16-21(3-10-30(29)38-28-8-9-28)15-26(20-35-12-1-2-13-35)34-31(37)24-11-14-36(19-24)27-7-5-22-17-25(33)6-4-23(22)18-27/h3-7,10,16-18,24,26,28H,1-2,8-9,11-15,19-20H2,(H,34,37)/t24-,26?/m1/s1. The third kappa shape index (κ3) is 6.08. The van der Waals surface area contributed by atoms with Gasteiger partial charge in [-0.3, -0.25) is 4.79 Å². The number of anilines is 1. The number of carbonyl (C=O) groups is 1. The van der Waals surface area contributed by atoms with E-state index in [1.165, 1.54) is 18.9 Å². The molecule has 0 spiro atoms. The van der Waals surface area contributed by atoms with Crippen molar-refractivity contribution in [3.8, 4) is 5.75 Å². The highest BCUT2D eigenvalue weighted by molar-refractivity contribution is 6.32. The molecule has 0 bridgehead atoms. The molecule has 38 heavy (non-hydrogen) atoms. The predicted octanol–water partition coefficient (Wildman–Crippen LogP) is 5.82. The molecule has 1 unspecified atom stereocenters. The summed E-state index contributed by atoms with van der Waals surface area (Å²) >= 11 is 6.54. The molecule has 7 heteroatoms. The molecule has 200 valence electrons. The highest BCUT2D eigenvalue weighted by atomic mass is 35.5. The molecule has 1 N–H and O–H groups in total. The van der Waals surface area contributed by atoms with Crippen molar-refractivity contribution in [1.82, 2.24) is 10.2 Å². The molecule has 2 aliphatic heterocycles. The van der Waals surface area contributed by atoms with Gasteiger partial charge in [0.1, 0.15) is 11.6 Å². The second-order valence-corrected chi connectivity index (χ2v) is 11.5. The minimum absolute atomic E-state index is 0.0245. The van der Waals surface area contributed by atoms with E-state index in [1.54, 1.807) is 6.07 Å². The van der Waals surface area contributed by atoms with Crippen molar-refractivity contribution in [1.29, 1.82) is 0 Å². The minimum Gasteiger partial charge on any atom is -0.489 e. The van der Waals surface area contributed by atoms with Crippen LogP contribution in [0.5, 0.6) is 5.75 Å². The molecule has 3 fully saturated rings. The van der Waals surface area contributed by atoms with Crippen molar-refractivity contribution in [2.75, 3.05) is 37.6 Å². The van der Waals surface area contributed by atoms with Crippen LogP contribution in [-0.2, 0) is 11.2 Å². The normalized spacial score (nSPS) is 20.7. The first-order chi connectivity index (χ1) is 18.5. The third-order valence-electron chi connectivity index (χ3n) is 8.03. The van der Waals surface area contributed by atoms with Crippen LogP contribution in [0.3, 0.4) is 0 Å². The van der Waals surface area contributed by atoms with Gasteiger partial charge in [0.25, 0.3) is 0 Å². The van der Waals surface area contributed by atoms with E-state index in [0.717, 1.165) is 79.6 Å². The van der Waals surface area contributed by atoms with Crippen LogP contribution < -0.4 is 15.0 Å². The van der Waals surface area contributed by atoms with Crippen LogP contribution in [0.25, 0.3) is 10.8 Å². The summed E-state index contributed by atoms with van der Waals surface area (Å²) in [7, 11) is 0. The highest BCUT2D eigenvalue weighted by Gasteiger charge is 2.31. The molecule has 3 aliphatic rings. The first-order valence-electron chi connectivity index (χ1n) is 13.9. The summed E-state index contributed by atoms with van der Waals surface area (Å²) in [6.45, 7) is 4.55. The number of nitrogens with one attached hydrogen (secondary N) is 1. The molecule has 0 aromatic heterocycles. The van der Waals surface area contributed by atoms with Crippen molar-refractivity contribution in [3.63, 3.8) is 0 Å². The first kappa shape index (κ1) is 25.4. The van der Waals surface area contributed by atoms with Crippen LogP contribution in [0, 0.1) is 11.7 Å². The summed E-state index contributed by atoms with van der Waals surface area (Å²) in [5.74, 6) is 0.594. The zero-order valence-electron chi connectivity index (χ0n) is 21.7. The van der Waals surface area contributed by atoms with E-state index in [1.807, 2.05) is 30.3 Å². The number of hydrogen-bond acceptors (Lipinski definition) is 4. The van der Waals surface area contributed by atoms with Crippen LogP contribution in [0.2, 0.25) is 5.02 Å². The zero-order chi connectivity index (χ0) is 26.1. The van der Waals surface area contributed by atoms with E-state index in [4.69, 9.17) is 16.3 Å². The lowest BCUT2D eigenvalue weighted by molar-refractivity contribution is -0.125. The van der Waals surface area contributed by atoms with Crippen molar-refractivity contribution < 1.29 is 13.9 Å². The van der Waals surface area contributed by atoms with E-state index in [9.17, 15) is 9.18 Å². The van der Waals surface area contributed by atoms with Crippen LogP contribution in [0.1, 0.15) is 37.7 Å². The summed E-state index contributed by atoms with van der Waals surface area (Å²) in [6, 6.07) is 17.0. The molecule has 2 heterocycles. The van der Waals surface area contributed by atoms with Gasteiger partial charge in [0.2, 0.25) is 5.91 Å². The second kappa shape index (κ2) is 11.1. The van der Waals surface area contributed by atoms with Gasteiger partial charge < -0.3 is 19.9 Å². The average molecular weight is 536 g/mol. The fourth-order valence-electron chi connectivity index (χ4n) is 5.78. The van der Waals surface area contributed by atoms with Gasteiger partial charge in [-0.25, -0.2) is 4.39 Å². The Hall–Kier alpha value is -2.83. The van der Waals surface area contributed by atoms with E-state index in [2.05, 4.69) is 27.2 Å². The first-order valence-corrected chi connectivity index (χ1v) is 14.3. The highest BCUT2D eigenvalue weighted by Crippen LogP contribution is 2.33. The van der Waals surface area contributed by atoms with Crippen LogP contribution in [0.4, 0.5) is 10.1 Å². The number of amides is 1. The lowest BCUT2D eigenvalue weighted by Gasteiger charge is -2.26. The molecule has 2 saturated heterocycles. The Kier molecular flexibility index (Phi) is 7.44. The number of carbonyl (C=O) groups excluding carboxylic acids is 1. The van der Waals surface area contributed by atoms with Crippen molar-refractivity contribution in [3.05, 3.63) is 71.0 Å². The van der Waals surface area contributed by atoms with Crippen LogP contribution in [0.15, 0.2) is 54.6 Å². The molecule has 2 atom stereocenters. The summed E-state index contributed by atoms with van der Waals surface area (Å²) < 4.78 is 19.5. The molecule has 6 rings (SSSR count). The number of nitrogens with zero attached hydrogens (tertiary/aromatic N) is 2. The molecule has 0 radical (unpaired) electrons. The fraction of sp³-hybridized carbons (Fsp3) is 0.452. The molecule has 5 nitrogen and oxygen atoms in total. The van der Waals surface area contributed by atoms with Crippen molar-refractivity contribution in [2.45, 2.75) is 50.7 Å². The Labute approximate surface area is 228 Å². The molecule has 1 aliphatic carbocycles. The SMILES string of the molecule is O=C(NC(Cc1ccc(OC2CC2)c(Cl)c1)CN1CCCC1)[C@@H]1CCN(c2ccc3cc(F)ccc3c2)C1. The zero-order valence-corrected chi connectivity index (χ0v) is 22.4. The fourth-order valence-corrected chi connectivity index (χ4v) is 6.03. The summed E-state index contributed by atoms with van der Waals surface area (Å²) in [4.78, 5) is 18.2. The molecule has 1 saturated carbocycles. The Morgan fingerprint density at radius 1 is 1.00 bits per heavy atom. The molecule has 3 aromatic carbocycles. The van der Waals surface area contributed by atoms with Gasteiger partial charge >= 0.3 is 0 Å². The smallest absolute Gasteiger partial charge is 0.225 e. The minimum atomic E-state index is -0.226. The Balaban J connectivity index is 1.11. The number of likely N-dealkylation sites (tertiary alicyclic amines) is 1. The summed E-state index contributed by atoms with van der Waals surface area (Å²) in [5.41, 5.74) is 2.19. The lowest BCUT2D eigenvalue weighted by atomic mass is 10.0. The average Bonchev–Trinajstić information content (AvgIpc) is 3.34. The topological polar surface area (TPSA) is 44.8 Å². The van der Waals surface area contributed by atoms with Crippen LogP contribution in [-0.4, -0.2) is 55.7 Å². The lowest BCUT2D eigenvalue weighted by Crippen LogP contribution is -2.46. The molecular formula is C31H35ClFN3O2. The molecule has 3 aromatic rings. The summed E-state index contributed by atoms with van der Waals surface area (Å²) in [6.07, 6.45) is 6.50. The van der Waals surface area contributed by atoms with Gasteiger partial charge in [0.15, 0.2) is 0 Å². The summed E-state index contributed by atoms with van der Waals surface area (Å²) in [5, 5.41) is 5.94. The van der Waals surface area contributed by atoms with Crippen molar-refractivity contribution >= 4 is 34.0 Å². The number of rotatable bonds is 9.